The molecule has 0 spiro atoms. The van der Waals surface area contributed by atoms with Crippen LogP contribution in [0.25, 0.3) is 10.9 Å². The summed E-state index contributed by atoms with van der Waals surface area (Å²) >= 11 is 2.32. The zero-order chi connectivity index (χ0) is 23.2. The summed E-state index contributed by atoms with van der Waals surface area (Å²) in [5, 5.41) is 5.37. The number of hydrazone groups is 1. The fourth-order valence-electron chi connectivity index (χ4n) is 3.74. The Hall–Kier alpha value is -3.13. The maximum atomic E-state index is 12.5. The highest BCUT2D eigenvalue weighted by molar-refractivity contribution is 14.1. The van der Waals surface area contributed by atoms with Gasteiger partial charge in [0, 0.05) is 37.8 Å². The molecule has 1 amide bonds. The molecule has 0 atom stereocenters. The number of nitrogens with zero attached hydrogens (tertiary/aromatic N) is 2. The van der Waals surface area contributed by atoms with Crippen molar-refractivity contribution in [1.82, 2.24) is 9.99 Å². The predicted molar refractivity (Wildman–Crippen MR) is 142 cm³/mol. The standard InChI is InChI=1S/C27H26IN3O2/c1-3-16-33-23-14-10-21(11-15-23)27(32)30-29-17-25-19(2)31(26-7-5-4-6-24(25)26)18-20-8-12-22(28)13-9-20/h4-15,17H,3,16,18H2,1-2H3,(H,30,32)/b29-17-. The molecule has 33 heavy (non-hydrogen) atoms. The summed E-state index contributed by atoms with van der Waals surface area (Å²) in [7, 11) is 0. The van der Waals surface area contributed by atoms with E-state index in [1.807, 2.05) is 12.1 Å². The maximum absolute atomic E-state index is 12.5. The van der Waals surface area contributed by atoms with Gasteiger partial charge in [-0.3, -0.25) is 4.79 Å². The molecule has 4 rings (SSSR count). The van der Waals surface area contributed by atoms with E-state index in [0.717, 1.165) is 40.9 Å². The molecule has 0 bridgehead atoms. The minimum Gasteiger partial charge on any atom is -0.494 e. The van der Waals surface area contributed by atoms with Crippen molar-refractivity contribution in [2.24, 2.45) is 5.10 Å². The molecule has 1 heterocycles. The van der Waals surface area contributed by atoms with Crippen molar-refractivity contribution in [3.63, 3.8) is 0 Å². The van der Waals surface area contributed by atoms with Gasteiger partial charge in [-0.05, 0) is 84.0 Å². The molecule has 0 aliphatic heterocycles. The average Bonchev–Trinajstić information content (AvgIpc) is 3.10. The Morgan fingerprint density at radius 3 is 2.52 bits per heavy atom. The van der Waals surface area contributed by atoms with Gasteiger partial charge in [-0.25, -0.2) is 5.43 Å². The fourth-order valence-corrected chi connectivity index (χ4v) is 4.10. The number of amides is 1. The number of carbonyl (C=O) groups is 1. The predicted octanol–water partition coefficient (Wildman–Crippen LogP) is 6.16. The van der Waals surface area contributed by atoms with E-state index in [4.69, 9.17) is 4.74 Å². The number of carbonyl (C=O) groups excluding carboxylic acids is 1. The first-order valence-corrected chi connectivity index (χ1v) is 12.0. The van der Waals surface area contributed by atoms with Crippen LogP contribution in [-0.2, 0) is 6.54 Å². The second-order valence-corrected chi connectivity index (χ2v) is 9.05. The summed E-state index contributed by atoms with van der Waals surface area (Å²) in [6.07, 6.45) is 2.68. The van der Waals surface area contributed by atoms with E-state index in [2.05, 4.69) is 87.9 Å². The lowest BCUT2D eigenvalue weighted by molar-refractivity contribution is 0.0955. The lowest BCUT2D eigenvalue weighted by atomic mass is 10.1. The summed E-state index contributed by atoms with van der Waals surface area (Å²) < 4.78 is 9.08. The highest BCUT2D eigenvalue weighted by Gasteiger charge is 2.13. The van der Waals surface area contributed by atoms with E-state index >= 15 is 0 Å². The first-order chi connectivity index (χ1) is 16.1. The van der Waals surface area contributed by atoms with Crippen LogP contribution in [0, 0.1) is 10.5 Å². The lowest BCUT2D eigenvalue weighted by Crippen LogP contribution is -2.17. The van der Waals surface area contributed by atoms with Gasteiger partial charge in [-0.15, -0.1) is 0 Å². The molecule has 0 unspecified atom stereocenters. The first kappa shape index (κ1) is 23.0. The van der Waals surface area contributed by atoms with Gasteiger partial charge >= 0.3 is 0 Å². The van der Waals surface area contributed by atoms with Crippen LogP contribution in [0.1, 0.15) is 40.5 Å². The zero-order valence-corrected chi connectivity index (χ0v) is 20.9. The Bertz CT molecular complexity index is 1280. The average molecular weight is 551 g/mol. The maximum Gasteiger partial charge on any atom is 0.271 e. The van der Waals surface area contributed by atoms with Gasteiger partial charge in [-0.2, -0.15) is 5.10 Å². The van der Waals surface area contributed by atoms with E-state index in [1.165, 1.54) is 9.13 Å². The molecule has 0 aliphatic rings. The number of ether oxygens (including phenoxy) is 1. The quantitative estimate of drug-likeness (QED) is 0.162. The minimum absolute atomic E-state index is 0.256. The Morgan fingerprint density at radius 1 is 1.06 bits per heavy atom. The van der Waals surface area contributed by atoms with Gasteiger partial charge in [0.1, 0.15) is 5.75 Å². The van der Waals surface area contributed by atoms with Crippen LogP contribution >= 0.6 is 22.6 Å². The summed E-state index contributed by atoms with van der Waals surface area (Å²) in [5.41, 5.74) is 7.67. The molecule has 0 saturated heterocycles. The van der Waals surface area contributed by atoms with Crippen molar-refractivity contribution in [2.45, 2.75) is 26.8 Å². The zero-order valence-electron chi connectivity index (χ0n) is 18.7. The fraction of sp³-hybridized carbons (Fsp3) is 0.185. The molecule has 0 radical (unpaired) electrons. The van der Waals surface area contributed by atoms with Crippen molar-refractivity contribution in [2.75, 3.05) is 6.61 Å². The molecule has 5 nitrogen and oxygen atoms in total. The first-order valence-electron chi connectivity index (χ1n) is 11.0. The molecule has 0 saturated carbocycles. The Balaban J connectivity index is 1.53. The number of rotatable bonds is 8. The van der Waals surface area contributed by atoms with Crippen LogP contribution < -0.4 is 10.2 Å². The Labute approximate surface area is 207 Å². The summed E-state index contributed by atoms with van der Waals surface area (Å²) in [6, 6.07) is 23.9. The third-order valence-electron chi connectivity index (χ3n) is 5.48. The summed E-state index contributed by atoms with van der Waals surface area (Å²) in [6.45, 7) is 5.58. The molecular weight excluding hydrogens is 525 g/mol. The number of para-hydroxylation sites is 1. The second-order valence-electron chi connectivity index (χ2n) is 7.80. The molecule has 0 aliphatic carbocycles. The third kappa shape index (κ3) is 5.45. The topological polar surface area (TPSA) is 55.6 Å². The number of halogens is 1. The highest BCUT2D eigenvalue weighted by Crippen LogP contribution is 2.26. The van der Waals surface area contributed by atoms with Crippen molar-refractivity contribution >= 4 is 45.6 Å². The normalized spacial score (nSPS) is 11.2. The molecule has 1 aromatic heterocycles. The Morgan fingerprint density at radius 2 is 1.79 bits per heavy atom. The third-order valence-corrected chi connectivity index (χ3v) is 6.20. The van der Waals surface area contributed by atoms with Gasteiger partial charge in [0.25, 0.3) is 5.91 Å². The van der Waals surface area contributed by atoms with Crippen molar-refractivity contribution in [1.29, 1.82) is 0 Å². The SMILES string of the molecule is CCCOc1ccc(C(=O)N/N=C\c2c(C)n(Cc3ccc(I)cc3)c3ccccc23)cc1. The monoisotopic (exact) mass is 551 g/mol. The van der Waals surface area contributed by atoms with Crippen molar-refractivity contribution in [3.8, 4) is 5.75 Å². The van der Waals surface area contributed by atoms with Gasteiger partial charge in [0.15, 0.2) is 0 Å². The van der Waals surface area contributed by atoms with Gasteiger partial charge in [0.2, 0.25) is 0 Å². The second kappa shape index (κ2) is 10.7. The van der Waals surface area contributed by atoms with Crippen LogP contribution in [0.5, 0.6) is 5.75 Å². The lowest BCUT2D eigenvalue weighted by Gasteiger charge is -2.09. The molecule has 6 heteroatoms. The molecule has 3 aromatic carbocycles. The molecule has 0 fully saturated rings. The molecule has 168 valence electrons. The Kier molecular flexibility index (Phi) is 7.44. The number of hydrogen-bond acceptors (Lipinski definition) is 3. The minimum atomic E-state index is -0.256. The largest absolute Gasteiger partial charge is 0.494 e. The van der Waals surface area contributed by atoms with E-state index in [-0.39, 0.29) is 5.91 Å². The van der Waals surface area contributed by atoms with E-state index in [1.54, 1.807) is 30.5 Å². The number of benzene rings is 3. The van der Waals surface area contributed by atoms with Crippen LogP contribution in [0.3, 0.4) is 0 Å². The van der Waals surface area contributed by atoms with Gasteiger partial charge in [0.05, 0.1) is 12.8 Å². The smallest absolute Gasteiger partial charge is 0.271 e. The van der Waals surface area contributed by atoms with Crippen molar-refractivity contribution < 1.29 is 9.53 Å². The van der Waals surface area contributed by atoms with Crippen LogP contribution in [0.4, 0.5) is 0 Å². The summed E-state index contributed by atoms with van der Waals surface area (Å²) in [5.74, 6) is 0.502. The molecule has 1 N–H and O–H groups in total. The number of aromatic nitrogens is 1. The summed E-state index contributed by atoms with van der Waals surface area (Å²) in [4.78, 5) is 12.5. The van der Waals surface area contributed by atoms with Crippen LogP contribution in [-0.4, -0.2) is 23.3 Å². The van der Waals surface area contributed by atoms with Crippen molar-refractivity contribution in [3.05, 3.63) is 98.8 Å². The molecule has 4 aromatic rings. The number of hydrogen-bond donors (Lipinski definition) is 1. The van der Waals surface area contributed by atoms with Crippen LogP contribution in [0.15, 0.2) is 77.9 Å². The van der Waals surface area contributed by atoms with Gasteiger partial charge in [-0.1, -0.05) is 37.3 Å². The van der Waals surface area contributed by atoms with Gasteiger partial charge < -0.3 is 9.30 Å². The number of nitrogens with one attached hydrogen (secondary N) is 1. The molecular formula is C27H26IN3O2. The van der Waals surface area contributed by atoms with E-state index in [0.29, 0.717) is 12.2 Å². The van der Waals surface area contributed by atoms with E-state index < -0.39 is 0 Å². The van der Waals surface area contributed by atoms with E-state index in [9.17, 15) is 4.79 Å². The number of fused-ring (bicyclic) bond motifs is 1. The van der Waals surface area contributed by atoms with Crippen LogP contribution in [0.2, 0.25) is 0 Å². The highest BCUT2D eigenvalue weighted by atomic mass is 127.